The molecule has 3 heterocycles. The van der Waals surface area contributed by atoms with E-state index >= 15 is 0 Å². The first-order valence-electron chi connectivity index (χ1n) is 15.3. The van der Waals surface area contributed by atoms with Gasteiger partial charge in [-0.1, -0.05) is 56.0 Å². The minimum Gasteiger partial charge on any atom is -0.497 e. The molecule has 39 heavy (non-hydrogen) atoms. The number of benzene rings is 2. The van der Waals surface area contributed by atoms with Gasteiger partial charge in [0, 0.05) is 47.7 Å². The van der Waals surface area contributed by atoms with Gasteiger partial charge >= 0.3 is 0 Å². The summed E-state index contributed by atoms with van der Waals surface area (Å²) in [6.07, 6.45) is 14.6. The summed E-state index contributed by atoms with van der Waals surface area (Å²) in [5.74, 6) is 0.972. The molecular formula is C34H43N3O2. The quantitative estimate of drug-likeness (QED) is 0.334. The number of rotatable bonds is 8. The van der Waals surface area contributed by atoms with Crippen LogP contribution in [0.3, 0.4) is 0 Å². The molecule has 1 spiro atoms. The predicted molar refractivity (Wildman–Crippen MR) is 155 cm³/mol. The van der Waals surface area contributed by atoms with Gasteiger partial charge in [0.1, 0.15) is 5.75 Å². The van der Waals surface area contributed by atoms with Crippen LogP contribution in [0.5, 0.6) is 5.75 Å². The fourth-order valence-corrected chi connectivity index (χ4v) is 9.33. The number of hydrogen-bond donors (Lipinski definition) is 1. The van der Waals surface area contributed by atoms with Crippen LogP contribution >= 0.6 is 0 Å². The van der Waals surface area contributed by atoms with E-state index in [0.717, 1.165) is 30.7 Å². The summed E-state index contributed by atoms with van der Waals surface area (Å²) in [5, 5.41) is 3.32. The fourth-order valence-electron chi connectivity index (χ4n) is 9.33. The predicted octanol–water partition coefficient (Wildman–Crippen LogP) is 6.10. The third kappa shape index (κ3) is 3.91. The number of methoxy groups -OCH3 is 1. The number of likely N-dealkylation sites (tertiary alicyclic amines) is 1. The van der Waals surface area contributed by atoms with E-state index in [-0.39, 0.29) is 11.9 Å². The van der Waals surface area contributed by atoms with Gasteiger partial charge in [-0.2, -0.15) is 0 Å². The van der Waals surface area contributed by atoms with E-state index in [1.165, 1.54) is 62.5 Å². The maximum Gasteiger partial charge on any atom is 0.251 e. The van der Waals surface area contributed by atoms with Gasteiger partial charge in [-0.3, -0.25) is 14.6 Å². The van der Waals surface area contributed by atoms with Crippen LogP contribution in [0.4, 0.5) is 0 Å². The molecule has 2 aromatic carbocycles. The maximum absolute atomic E-state index is 13.1. The zero-order chi connectivity index (χ0) is 26.6. The molecule has 5 nitrogen and oxygen atoms in total. The molecule has 7 rings (SSSR count). The summed E-state index contributed by atoms with van der Waals surface area (Å²) < 4.78 is 5.66. The lowest BCUT2D eigenvalue weighted by Crippen LogP contribution is -2.80. The van der Waals surface area contributed by atoms with Gasteiger partial charge < -0.3 is 10.1 Å². The van der Waals surface area contributed by atoms with Gasteiger partial charge in [-0.15, -0.1) is 6.58 Å². The third-order valence-corrected chi connectivity index (χ3v) is 11.0. The van der Waals surface area contributed by atoms with Crippen molar-refractivity contribution in [1.29, 1.82) is 0 Å². The number of hydrogen-bond acceptors (Lipinski definition) is 4. The fraction of sp³-hybridized carbons (Fsp3) is 0.559. The first-order chi connectivity index (χ1) is 19.2. The second kappa shape index (κ2) is 10.1. The van der Waals surface area contributed by atoms with Crippen LogP contribution in [0.15, 0.2) is 61.2 Å². The second-order valence-corrected chi connectivity index (χ2v) is 12.7. The van der Waals surface area contributed by atoms with Crippen molar-refractivity contribution in [2.75, 3.05) is 13.7 Å². The second-order valence-electron chi connectivity index (χ2n) is 12.7. The summed E-state index contributed by atoms with van der Waals surface area (Å²) in [6, 6.07) is 20.1. The van der Waals surface area contributed by atoms with Crippen LogP contribution in [0.1, 0.15) is 91.7 Å². The van der Waals surface area contributed by atoms with Crippen molar-refractivity contribution in [3.63, 3.8) is 0 Å². The van der Waals surface area contributed by atoms with Gasteiger partial charge in [0.15, 0.2) is 0 Å². The third-order valence-electron chi connectivity index (χ3n) is 11.0. The van der Waals surface area contributed by atoms with Gasteiger partial charge in [-0.05, 0) is 73.9 Å². The highest BCUT2D eigenvalue weighted by Crippen LogP contribution is 2.71. The molecule has 2 aromatic rings. The summed E-state index contributed by atoms with van der Waals surface area (Å²) in [6.45, 7) is 5.08. The number of carbonyl (C=O) groups excluding carboxylic acids is 1. The molecule has 2 aliphatic carbocycles. The number of amides is 1. The highest BCUT2D eigenvalue weighted by molar-refractivity contribution is 5.94. The monoisotopic (exact) mass is 525 g/mol. The van der Waals surface area contributed by atoms with Crippen LogP contribution in [-0.4, -0.2) is 59.6 Å². The minimum absolute atomic E-state index is 0.0708. The van der Waals surface area contributed by atoms with E-state index in [9.17, 15) is 4.79 Å². The molecule has 0 aromatic heterocycles. The summed E-state index contributed by atoms with van der Waals surface area (Å²) in [7, 11) is 1.75. The minimum atomic E-state index is 0.0708. The number of fused-ring (bicyclic) bond motifs is 3. The highest BCUT2D eigenvalue weighted by atomic mass is 16.5. The molecule has 5 heteroatoms. The first-order valence-corrected chi connectivity index (χ1v) is 15.3. The summed E-state index contributed by atoms with van der Waals surface area (Å²) in [5.41, 5.74) is 3.78. The van der Waals surface area contributed by atoms with Crippen molar-refractivity contribution >= 4 is 5.91 Å². The molecule has 206 valence electrons. The molecule has 2 bridgehead atoms. The van der Waals surface area contributed by atoms with Crippen LogP contribution in [0.25, 0.3) is 0 Å². The Labute approximate surface area is 233 Å². The van der Waals surface area contributed by atoms with Crippen molar-refractivity contribution in [1.82, 2.24) is 15.1 Å². The van der Waals surface area contributed by atoms with Crippen molar-refractivity contribution in [3.8, 4) is 5.75 Å². The molecule has 6 unspecified atom stereocenters. The number of ether oxygens (including phenoxy) is 1. The lowest BCUT2D eigenvalue weighted by Gasteiger charge is -2.73. The van der Waals surface area contributed by atoms with E-state index in [2.05, 4.69) is 58.1 Å². The lowest BCUT2D eigenvalue weighted by atomic mass is 9.47. The Morgan fingerprint density at radius 3 is 2.51 bits per heavy atom. The largest absolute Gasteiger partial charge is 0.497 e. The van der Waals surface area contributed by atoms with E-state index in [0.29, 0.717) is 35.6 Å². The molecule has 6 atom stereocenters. The Hall–Kier alpha value is -2.63. The average molecular weight is 526 g/mol. The van der Waals surface area contributed by atoms with E-state index in [1.807, 2.05) is 18.2 Å². The molecule has 3 aliphatic heterocycles. The van der Waals surface area contributed by atoms with Crippen molar-refractivity contribution in [3.05, 3.63) is 77.9 Å². The van der Waals surface area contributed by atoms with Crippen LogP contribution in [0.2, 0.25) is 0 Å². The van der Waals surface area contributed by atoms with E-state index in [1.54, 1.807) is 7.11 Å². The number of nitrogens with zero attached hydrogens (tertiary/aromatic N) is 2. The molecule has 0 radical (unpaired) electrons. The molecule has 3 saturated heterocycles. The zero-order valence-corrected chi connectivity index (χ0v) is 23.4. The highest BCUT2D eigenvalue weighted by Gasteiger charge is 2.78. The van der Waals surface area contributed by atoms with Crippen LogP contribution in [0, 0.1) is 5.41 Å². The molecule has 1 amide bonds. The van der Waals surface area contributed by atoms with Crippen molar-refractivity contribution < 1.29 is 9.53 Å². The number of carbonyl (C=O) groups is 1. The molecule has 1 N–H and O–H groups in total. The maximum atomic E-state index is 13.1. The lowest BCUT2D eigenvalue weighted by molar-refractivity contribution is -0.222. The Kier molecular flexibility index (Phi) is 6.55. The van der Waals surface area contributed by atoms with Crippen molar-refractivity contribution in [2.45, 2.75) is 100 Å². The van der Waals surface area contributed by atoms with Crippen LogP contribution < -0.4 is 10.1 Å². The standard InChI is InChI=1S/C34H43N3O2/c1-3-21-36-28-17-18-29(36)34-20-19-30(34)37(32(28)34)31(25-9-8-12-27(22-25)39-2)23-13-15-24(16-14-23)33(38)35-26-10-6-4-5-7-11-26/h3,8-9,12-16,22,26,28-32H,1,4-7,10-11,17-21H2,2H3,(H,35,38). The van der Waals surface area contributed by atoms with Crippen LogP contribution in [-0.2, 0) is 0 Å². The zero-order valence-electron chi connectivity index (χ0n) is 23.4. The van der Waals surface area contributed by atoms with Gasteiger partial charge in [0.25, 0.3) is 5.91 Å². The summed E-state index contributed by atoms with van der Waals surface area (Å²) in [4.78, 5) is 18.8. The van der Waals surface area contributed by atoms with E-state index in [4.69, 9.17) is 4.74 Å². The summed E-state index contributed by atoms with van der Waals surface area (Å²) >= 11 is 0. The molecule has 2 saturated carbocycles. The number of piperidine rings is 1. The Balaban J connectivity index is 1.19. The van der Waals surface area contributed by atoms with E-state index < -0.39 is 0 Å². The Bertz CT molecular complexity index is 1220. The SMILES string of the molecule is C=CCN1C2CCC1C13CCC1N(C(c1ccc(C(=O)NC4CCCCCC4)cc1)c1cccc(OC)c1)C23. The molecule has 5 fully saturated rings. The van der Waals surface area contributed by atoms with Gasteiger partial charge in [-0.25, -0.2) is 0 Å². The topological polar surface area (TPSA) is 44.8 Å². The first kappa shape index (κ1) is 25.3. The normalized spacial score (nSPS) is 32.7. The van der Waals surface area contributed by atoms with Gasteiger partial charge in [0.05, 0.1) is 13.2 Å². The average Bonchev–Trinajstić information content (AvgIpc) is 3.32. The number of nitrogens with one attached hydrogen (secondary N) is 1. The van der Waals surface area contributed by atoms with Gasteiger partial charge in [0.2, 0.25) is 0 Å². The molecular weight excluding hydrogens is 482 g/mol. The Morgan fingerprint density at radius 2 is 1.82 bits per heavy atom. The Morgan fingerprint density at radius 1 is 1.03 bits per heavy atom. The molecule has 5 aliphatic rings. The smallest absolute Gasteiger partial charge is 0.251 e. The van der Waals surface area contributed by atoms with Crippen molar-refractivity contribution in [2.24, 2.45) is 5.41 Å².